The first-order valence-electron chi connectivity index (χ1n) is 6.80. The summed E-state index contributed by atoms with van der Waals surface area (Å²) in [4.78, 5) is 13.9. The smallest absolute Gasteiger partial charge is 0.323 e. The number of carbonyl (C=O) groups is 1. The molecule has 0 spiro atoms. The zero-order valence-electron chi connectivity index (χ0n) is 11.9. The van der Waals surface area contributed by atoms with Crippen LogP contribution in [-0.2, 0) is 16.1 Å². The average Bonchev–Trinajstić information content (AvgIpc) is 2.47. The van der Waals surface area contributed by atoms with Crippen molar-refractivity contribution >= 4 is 5.97 Å². The summed E-state index contributed by atoms with van der Waals surface area (Å²) in [5.74, 6) is 0.119. The second-order valence-corrected chi connectivity index (χ2v) is 4.96. The highest BCUT2D eigenvalue weighted by Crippen LogP contribution is 2.25. The lowest BCUT2D eigenvalue weighted by atomic mass is 10.0. The molecule has 20 heavy (non-hydrogen) atoms. The number of hydrogen-bond donors (Lipinski definition) is 0. The Morgan fingerprint density at radius 1 is 1.40 bits per heavy atom. The number of halogens is 1. The minimum absolute atomic E-state index is 0.222. The first-order chi connectivity index (χ1) is 9.65. The SMILES string of the molecule is COC(=O)C1CCCCN1Cc1cc(F)ccc1OC. The van der Waals surface area contributed by atoms with E-state index < -0.39 is 0 Å². The van der Waals surface area contributed by atoms with Crippen LogP contribution in [0.5, 0.6) is 5.75 Å². The normalized spacial score (nSPS) is 19.6. The van der Waals surface area contributed by atoms with Crippen molar-refractivity contribution in [2.45, 2.75) is 31.8 Å². The quantitative estimate of drug-likeness (QED) is 0.794. The molecule has 110 valence electrons. The van der Waals surface area contributed by atoms with E-state index in [-0.39, 0.29) is 17.8 Å². The summed E-state index contributed by atoms with van der Waals surface area (Å²) < 4.78 is 23.5. The zero-order chi connectivity index (χ0) is 14.5. The number of hydrogen-bond acceptors (Lipinski definition) is 4. The van der Waals surface area contributed by atoms with Gasteiger partial charge in [-0.3, -0.25) is 9.69 Å². The summed E-state index contributed by atoms with van der Waals surface area (Å²) in [7, 11) is 2.96. The van der Waals surface area contributed by atoms with E-state index in [9.17, 15) is 9.18 Å². The number of methoxy groups -OCH3 is 2. The monoisotopic (exact) mass is 281 g/mol. The Morgan fingerprint density at radius 2 is 2.20 bits per heavy atom. The van der Waals surface area contributed by atoms with E-state index in [1.807, 2.05) is 4.90 Å². The molecule has 1 fully saturated rings. The van der Waals surface area contributed by atoms with Crippen molar-refractivity contribution in [1.82, 2.24) is 4.90 Å². The van der Waals surface area contributed by atoms with Crippen molar-refractivity contribution in [3.63, 3.8) is 0 Å². The Morgan fingerprint density at radius 3 is 2.90 bits per heavy atom. The average molecular weight is 281 g/mol. The predicted octanol–water partition coefficient (Wildman–Crippen LogP) is 2.36. The Balaban J connectivity index is 2.18. The van der Waals surface area contributed by atoms with E-state index in [2.05, 4.69) is 0 Å². The van der Waals surface area contributed by atoms with Gasteiger partial charge >= 0.3 is 5.97 Å². The molecular formula is C15H20FNO3. The van der Waals surface area contributed by atoms with E-state index in [1.54, 1.807) is 13.2 Å². The number of likely N-dealkylation sites (tertiary alicyclic amines) is 1. The molecule has 1 heterocycles. The molecule has 1 unspecified atom stereocenters. The second kappa shape index (κ2) is 6.70. The molecule has 2 rings (SSSR count). The van der Waals surface area contributed by atoms with E-state index in [1.165, 1.54) is 19.2 Å². The Hall–Kier alpha value is -1.62. The Labute approximate surface area is 118 Å². The number of nitrogens with zero attached hydrogens (tertiary/aromatic N) is 1. The predicted molar refractivity (Wildman–Crippen MR) is 73.0 cm³/mol. The molecule has 0 saturated carbocycles. The minimum Gasteiger partial charge on any atom is -0.496 e. The summed E-state index contributed by atoms with van der Waals surface area (Å²) >= 11 is 0. The van der Waals surface area contributed by atoms with Crippen molar-refractivity contribution in [3.05, 3.63) is 29.6 Å². The lowest BCUT2D eigenvalue weighted by Gasteiger charge is -2.33. The summed E-state index contributed by atoms with van der Waals surface area (Å²) in [6, 6.07) is 4.20. The fourth-order valence-corrected chi connectivity index (χ4v) is 2.67. The van der Waals surface area contributed by atoms with Gasteiger partial charge in [-0.1, -0.05) is 6.42 Å². The van der Waals surface area contributed by atoms with Crippen LogP contribution in [0.1, 0.15) is 24.8 Å². The third-order valence-corrected chi connectivity index (χ3v) is 3.70. The number of benzene rings is 1. The van der Waals surface area contributed by atoms with E-state index in [0.717, 1.165) is 31.4 Å². The fraction of sp³-hybridized carbons (Fsp3) is 0.533. The maximum absolute atomic E-state index is 13.4. The molecule has 1 atom stereocenters. The van der Waals surface area contributed by atoms with Crippen LogP contribution < -0.4 is 4.74 Å². The topological polar surface area (TPSA) is 38.8 Å². The molecule has 0 aliphatic carbocycles. The highest BCUT2D eigenvalue weighted by atomic mass is 19.1. The van der Waals surface area contributed by atoms with Crippen molar-refractivity contribution in [1.29, 1.82) is 0 Å². The molecule has 0 aromatic heterocycles. The van der Waals surface area contributed by atoms with Crippen molar-refractivity contribution in [3.8, 4) is 5.75 Å². The highest BCUT2D eigenvalue weighted by molar-refractivity contribution is 5.75. The van der Waals surface area contributed by atoms with Gasteiger partial charge in [0, 0.05) is 12.1 Å². The molecule has 4 nitrogen and oxygen atoms in total. The van der Waals surface area contributed by atoms with Gasteiger partial charge in [0.1, 0.15) is 17.6 Å². The van der Waals surface area contributed by atoms with Crippen LogP contribution in [0.4, 0.5) is 4.39 Å². The van der Waals surface area contributed by atoms with Crippen LogP contribution >= 0.6 is 0 Å². The molecule has 0 amide bonds. The summed E-state index contributed by atoms with van der Waals surface area (Å²) in [5.41, 5.74) is 0.753. The van der Waals surface area contributed by atoms with Crippen LogP contribution in [0.25, 0.3) is 0 Å². The lowest BCUT2D eigenvalue weighted by molar-refractivity contribution is -0.148. The maximum Gasteiger partial charge on any atom is 0.323 e. The Bertz CT molecular complexity index is 478. The first-order valence-corrected chi connectivity index (χ1v) is 6.80. The van der Waals surface area contributed by atoms with Gasteiger partial charge < -0.3 is 9.47 Å². The lowest BCUT2D eigenvalue weighted by Crippen LogP contribution is -2.44. The van der Waals surface area contributed by atoms with Gasteiger partial charge in [0.25, 0.3) is 0 Å². The summed E-state index contributed by atoms with van der Waals surface area (Å²) in [6.07, 6.45) is 2.83. The number of rotatable bonds is 4. The van der Waals surface area contributed by atoms with Gasteiger partial charge in [0.15, 0.2) is 0 Å². The van der Waals surface area contributed by atoms with Crippen LogP contribution in [0.15, 0.2) is 18.2 Å². The van der Waals surface area contributed by atoms with Crippen molar-refractivity contribution in [2.24, 2.45) is 0 Å². The van der Waals surface area contributed by atoms with Crippen molar-refractivity contribution < 1.29 is 18.7 Å². The third kappa shape index (κ3) is 3.28. The van der Waals surface area contributed by atoms with Crippen LogP contribution in [0, 0.1) is 5.82 Å². The van der Waals surface area contributed by atoms with Crippen LogP contribution in [0.2, 0.25) is 0 Å². The molecule has 1 aromatic carbocycles. The number of esters is 1. The summed E-state index contributed by atoms with van der Waals surface area (Å²) in [5, 5.41) is 0. The van der Waals surface area contributed by atoms with Gasteiger partial charge in [-0.05, 0) is 37.6 Å². The molecule has 0 bridgehead atoms. The molecule has 0 radical (unpaired) electrons. The van der Waals surface area contributed by atoms with Crippen molar-refractivity contribution in [2.75, 3.05) is 20.8 Å². The van der Waals surface area contributed by atoms with Gasteiger partial charge in [-0.15, -0.1) is 0 Å². The van der Waals surface area contributed by atoms with Gasteiger partial charge in [-0.2, -0.15) is 0 Å². The van der Waals surface area contributed by atoms with Gasteiger partial charge in [0.2, 0.25) is 0 Å². The Kier molecular flexibility index (Phi) is 4.95. The van der Waals surface area contributed by atoms with Gasteiger partial charge in [0.05, 0.1) is 14.2 Å². The van der Waals surface area contributed by atoms with Crippen LogP contribution in [0.3, 0.4) is 0 Å². The number of piperidine rings is 1. The molecular weight excluding hydrogens is 261 g/mol. The molecule has 1 aromatic rings. The molecule has 5 heteroatoms. The zero-order valence-corrected chi connectivity index (χ0v) is 11.9. The molecule has 1 saturated heterocycles. The summed E-state index contributed by atoms with van der Waals surface area (Å²) in [6.45, 7) is 1.29. The van der Waals surface area contributed by atoms with Crippen LogP contribution in [-0.4, -0.2) is 37.7 Å². The molecule has 1 aliphatic rings. The van der Waals surface area contributed by atoms with Gasteiger partial charge in [-0.25, -0.2) is 4.39 Å². The molecule has 1 aliphatic heterocycles. The number of carbonyl (C=O) groups excluding carboxylic acids is 1. The molecule has 0 N–H and O–H groups in total. The third-order valence-electron chi connectivity index (χ3n) is 3.70. The second-order valence-electron chi connectivity index (χ2n) is 4.96. The van der Waals surface area contributed by atoms with E-state index >= 15 is 0 Å². The minimum atomic E-state index is -0.299. The van der Waals surface area contributed by atoms with E-state index in [0.29, 0.717) is 12.3 Å². The highest BCUT2D eigenvalue weighted by Gasteiger charge is 2.29. The standard InChI is InChI=1S/C15H20FNO3/c1-19-14-7-6-12(16)9-11(14)10-17-8-4-3-5-13(17)15(18)20-2/h6-7,9,13H,3-5,8,10H2,1-2H3. The number of ether oxygens (including phenoxy) is 2. The largest absolute Gasteiger partial charge is 0.496 e. The fourth-order valence-electron chi connectivity index (χ4n) is 2.67. The van der Waals surface area contributed by atoms with E-state index in [4.69, 9.17) is 9.47 Å². The first kappa shape index (κ1) is 14.8. The maximum atomic E-state index is 13.4.